The zero-order chi connectivity index (χ0) is 18.0. The zero-order valence-electron chi connectivity index (χ0n) is 15.4. The second kappa shape index (κ2) is 7.31. The topological polar surface area (TPSA) is 85.5 Å². The average molecular weight is 345 g/mol. The summed E-state index contributed by atoms with van der Waals surface area (Å²) in [6.45, 7) is 0. The quantitative estimate of drug-likeness (QED) is 0.859. The smallest absolute Gasteiger partial charge is 0.227 e. The number of benzene rings is 1. The van der Waals surface area contributed by atoms with Crippen LogP contribution in [0.5, 0.6) is 11.5 Å². The number of nitrogens with two attached hydrogens (primary N) is 1. The van der Waals surface area contributed by atoms with E-state index in [-0.39, 0.29) is 0 Å². The Morgan fingerprint density at radius 1 is 1.12 bits per heavy atom. The van der Waals surface area contributed by atoms with Crippen LogP contribution in [-0.4, -0.2) is 50.4 Å². The van der Waals surface area contributed by atoms with Crippen molar-refractivity contribution in [3.63, 3.8) is 0 Å². The second-order valence-electron chi connectivity index (χ2n) is 6.49. The van der Waals surface area contributed by atoms with Crippen molar-refractivity contribution in [2.75, 3.05) is 38.9 Å². The first-order chi connectivity index (χ1) is 12.1. The van der Waals surface area contributed by atoms with Crippen molar-refractivity contribution < 1.29 is 9.47 Å². The van der Waals surface area contributed by atoms with E-state index in [0.29, 0.717) is 35.3 Å². The fraction of sp³-hybridized carbons (Fsp3) is 0.556. The summed E-state index contributed by atoms with van der Waals surface area (Å²) in [6.07, 6.45) is 4.77. The fourth-order valence-electron chi connectivity index (χ4n) is 3.68. The van der Waals surface area contributed by atoms with Crippen LogP contribution in [0, 0.1) is 0 Å². The highest BCUT2D eigenvalue weighted by molar-refractivity contribution is 5.91. The Hall–Kier alpha value is -2.28. The predicted octanol–water partition coefficient (Wildman–Crippen LogP) is 2.20. The number of aromatic nitrogens is 2. The molecule has 3 N–H and O–H groups in total. The number of hydrogen-bond donors (Lipinski definition) is 2. The summed E-state index contributed by atoms with van der Waals surface area (Å²) in [4.78, 5) is 11.4. The minimum Gasteiger partial charge on any atom is -0.493 e. The SMILES string of the molecule is CN[C@H]1CCCC[C@H]1N(C)c1nc(N)c2cc(OC)c(OC)cc2n1. The molecule has 0 spiro atoms. The van der Waals surface area contributed by atoms with E-state index in [4.69, 9.17) is 20.2 Å². The molecule has 7 nitrogen and oxygen atoms in total. The van der Waals surface area contributed by atoms with Gasteiger partial charge in [-0.05, 0) is 26.0 Å². The molecule has 1 aliphatic carbocycles. The molecule has 1 heterocycles. The lowest BCUT2D eigenvalue weighted by atomic mass is 9.89. The molecule has 3 rings (SSSR count). The summed E-state index contributed by atoms with van der Waals surface area (Å²) < 4.78 is 10.7. The average Bonchev–Trinajstić information content (AvgIpc) is 2.66. The number of nitrogens with one attached hydrogen (secondary N) is 1. The van der Waals surface area contributed by atoms with Gasteiger partial charge < -0.3 is 25.4 Å². The van der Waals surface area contributed by atoms with Crippen molar-refractivity contribution >= 4 is 22.7 Å². The van der Waals surface area contributed by atoms with Gasteiger partial charge in [-0.15, -0.1) is 0 Å². The van der Waals surface area contributed by atoms with Gasteiger partial charge in [0, 0.05) is 30.6 Å². The number of nitrogen functional groups attached to an aromatic ring is 1. The summed E-state index contributed by atoms with van der Waals surface area (Å²) in [5, 5.41) is 4.19. The van der Waals surface area contributed by atoms with Gasteiger partial charge in [0.15, 0.2) is 11.5 Å². The Bertz CT molecular complexity index is 752. The zero-order valence-corrected chi connectivity index (χ0v) is 15.4. The minimum atomic E-state index is 0.357. The molecule has 25 heavy (non-hydrogen) atoms. The Kier molecular flexibility index (Phi) is 5.13. The van der Waals surface area contributed by atoms with Crippen molar-refractivity contribution in [2.45, 2.75) is 37.8 Å². The maximum Gasteiger partial charge on any atom is 0.227 e. The molecule has 1 aliphatic rings. The van der Waals surface area contributed by atoms with Crippen LogP contribution in [-0.2, 0) is 0 Å². The lowest BCUT2D eigenvalue weighted by Crippen LogP contribution is -2.50. The van der Waals surface area contributed by atoms with Crippen LogP contribution in [0.15, 0.2) is 12.1 Å². The monoisotopic (exact) mass is 345 g/mol. The van der Waals surface area contributed by atoms with Crippen LogP contribution in [0.1, 0.15) is 25.7 Å². The van der Waals surface area contributed by atoms with E-state index >= 15 is 0 Å². The molecular weight excluding hydrogens is 318 g/mol. The predicted molar refractivity (Wildman–Crippen MR) is 101 cm³/mol. The number of fused-ring (bicyclic) bond motifs is 1. The number of rotatable bonds is 5. The van der Waals surface area contributed by atoms with Crippen molar-refractivity contribution in [1.29, 1.82) is 0 Å². The molecule has 7 heteroatoms. The summed E-state index contributed by atoms with van der Waals surface area (Å²) in [7, 11) is 7.27. The molecule has 0 amide bonds. The van der Waals surface area contributed by atoms with Crippen molar-refractivity contribution in [3.05, 3.63) is 12.1 Å². The highest BCUT2D eigenvalue weighted by Crippen LogP contribution is 2.34. The van der Waals surface area contributed by atoms with Gasteiger partial charge in [-0.1, -0.05) is 12.8 Å². The van der Waals surface area contributed by atoms with Gasteiger partial charge in [0.1, 0.15) is 5.82 Å². The Labute approximate surface area is 148 Å². The van der Waals surface area contributed by atoms with Crippen molar-refractivity contribution in [3.8, 4) is 11.5 Å². The fourth-order valence-corrected chi connectivity index (χ4v) is 3.68. The van der Waals surface area contributed by atoms with Crippen molar-refractivity contribution in [1.82, 2.24) is 15.3 Å². The molecule has 0 unspecified atom stereocenters. The molecule has 136 valence electrons. The summed E-state index contributed by atoms with van der Waals surface area (Å²) in [5.74, 6) is 2.34. The Balaban J connectivity index is 2.01. The molecule has 1 fully saturated rings. The van der Waals surface area contributed by atoms with Crippen LogP contribution in [0.25, 0.3) is 10.9 Å². The summed E-state index contributed by atoms with van der Waals surface area (Å²) >= 11 is 0. The Morgan fingerprint density at radius 2 is 1.80 bits per heavy atom. The molecule has 0 aliphatic heterocycles. The molecule has 2 aromatic rings. The number of likely N-dealkylation sites (N-methyl/N-ethyl adjacent to an activating group) is 2. The number of nitrogens with zero attached hydrogens (tertiary/aromatic N) is 3. The number of hydrogen-bond acceptors (Lipinski definition) is 7. The molecule has 1 aromatic heterocycles. The van der Waals surface area contributed by atoms with E-state index in [1.54, 1.807) is 14.2 Å². The van der Waals surface area contributed by atoms with Crippen LogP contribution in [0.4, 0.5) is 11.8 Å². The standard InChI is InChI=1S/C18H27N5O2/c1-20-12-7-5-6-8-14(12)23(2)18-21-13-10-16(25-4)15(24-3)9-11(13)17(19)22-18/h9-10,12,14,20H,5-8H2,1-4H3,(H2,19,21,22)/t12-,14+/m0/s1. The van der Waals surface area contributed by atoms with Gasteiger partial charge in [-0.25, -0.2) is 4.98 Å². The first kappa shape index (κ1) is 17.5. The van der Waals surface area contributed by atoms with Crippen LogP contribution in [0.3, 0.4) is 0 Å². The maximum absolute atomic E-state index is 6.22. The van der Waals surface area contributed by atoms with E-state index in [1.165, 1.54) is 19.3 Å². The molecule has 2 atom stereocenters. The maximum atomic E-state index is 6.22. The largest absolute Gasteiger partial charge is 0.493 e. The van der Waals surface area contributed by atoms with Gasteiger partial charge in [-0.3, -0.25) is 0 Å². The van der Waals surface area contributed by atoms with Gasteiger partial charge >= 0.3 is 0 Å². The van der Waals surface area contributed by atoms with Gasteiger partial charge in [0.25, 0.3) is 0 Å². The van der Waals surface area contributed by atoms with Gasteiger partial charge in [-0.2, -0.15) is 4.98 Å². The van der Waals surface area contributed by atoms with Gasteiger partial charge in [0.2, 0.25) is 5.95 Å². The number of methoxy groups -OCH3 is 2. The third kappa shape index (κ3) is 3.28. The van der Waals surface area contributed by atoms with E-state index in [2.05, 4.69) is 15.2 Å². The van der Waals surface area contributed by atoms with Crippen LogP contribution >= 0.6 is 0 Å². The lowest BCUT2D eigenvalue weighted by Gasteiger charge is -2.38. The van der Waals surface area contributed by atoms with Crippen LogP contribution in [0.2, 0.25) is 0 Å². The molecule has 0 radical (unpaired) electrons. The highest BCUT2D eigenvalue weighted by atomic mass is 16.5. The summed E-state index contributed by atoms with van der Waals surface area (Å²) in [6, 6.07) is 4.46. The molecule has 1 saturated carbocycles. The van der Waals surface area contributed by atoms with Gasteiger partial charge in [0.05, 0.1) is 19.7 Å². The first-order valence-electron chi connectivity index (χ1n) is 8.68. The van der Waals surface area contributed by atoms with E-state index in [9.17, 15) is 0 Å². The molecule has 0 bridgehead atoms. The first-order valence-corrected chi connectivity index (χ1v) is 8.68. The highest BCUT2D eigenvalue weighted by Gasteiger charge is 2.29. The van der Waals surface area contributed by atoms with E-state index < -0.39 is 0 Å². The minimum absolute atomic E-state index is 0.357. The van der Waals surface area contributed by atoms with Crippen LogP contribution < -0.4 is 25.4 Å². The third-order valence-electron chi connectivity index (χ3n) is 5.13. The van der Waals surface area contributed by atoms with E-state index in [0.717, 1.165) is 17.3 Å². The summed E-state index contributed by atoms with van der Waals surface area (Å²) in [5.41, 5.74) is 6.97. The number of anilines is 2. The second-order valence-corrected chi connectivity index (χ2v) is 6.49. The lowest BCUT2D eigenvalue weighted by molar-refractivity contribution is 0.333. The normalized spacial score (nSPS) is 20.5. The molecule has 0 saturated heterocycles. The third-order valence-corrected chi connectivity index (χ3v) is 5.13. The molecular formula is C18H27N5O2. The molecule has 1 aromatic carbocycles. The Morgan fingerprint density at radius 3 is 2.48 bits per heavy atom. The number of ether oxygens (including phenoxy) is 2. The van der Waals surface area contributed by atoms with E-state index in [1.807, 2.05) is 26.2 Å². The van der Waals surface area contributed by atoms with Crippen molar-refractivity contribution in [2.24, 2.45) is 0 Å².